The van der Waals surface area contributed by atoms with Gasteiger partial charge in [0.1, 0.15) is 17.6 Å². The number of hydrogen-bond acceptors (Lipinski definition) is 8. The molecule has 0 aromatic heterocycles. The van der Waals surface area contributed by atoms with E-state index in [-0.39, 0.29) is 5.25 Å². The van der Waals surface area contributed by atoms with E-state index in [4.69, 9.17) is 15.8 Å². The fourth-order valence-corrected chi connectivity index (χ4v) is 4.53. The molecule has 24 heavy (non-hydrogen) atoms. The highest BCUT2D eigenvalue weighted by atomic mass is 32.2. The van der Waals surface area contributed by atoms with Crippen LogP contribution in [0.5, 0.6) is 0 Å². The van der Waals surface area contributed by atoms with Crippen molar-refractivity contribution in [1.82, 2.24) is 0 Å². The summed E-state index contributed by atoms with van der Waals surface area (Å²) in [5.74, 6) is 0. The first-order valence-corrected chi connectivity index (χ1v) is 8.52. The molecule has 0 bridgehead atoms. The average Bonchev–Trinajstić information content (AvgIpc) is 2.57. The van der Waals surface area contributed by atoms with Crippen LogP contribution in [0, 0.1) is 0 Å². The molecule has 0 amide bonds. The predicted octanol–water partition coefficient (Wildman–Crippen LogP) is 0.430. The average molecular weight is 360 g/mol. The van der Waals surface area contributed by atoms with E-state index in [2.05, 4.69) is 20.1 Å². The Labute approximate surface area is 141 Å². The van der Waals surface area contributed by atoms with Crippen LogP contribution in [0.2, 0.25) is 0 Å². The number of aliphatic hydroxyl groups excluding tert-OH is 4. The second kappa shape index (κ2) is 8.75. The van der Waals surface area contributed by atoms with Crippen molar-refractivity contribution in [2.24, 2.45) is 10.2 Å². The molecule has 1 heterocycles. The molecule has 8 atom stereocenters. The number of azide groups is 2. The molecule has 11 nitrogen and oxygen atoms in total. The van der Waals surface area contributed by atoms with Crippen molar-refractivity contribution in [3.63, 3.8) is 0 Å². The summed E-state index contributed by atoms with van der Waals surface area (Å²) in [5.41, 5.74) is 16.2. The Morgan fingerprint density at radius 1 is 1.04 bits per heavy atom. The van der Waals surface area contributed by atoms with Crippen LogP contribution in [-0.2, 0) is 4.74 Å². The third-order valence-electron chi connectivity index (χ3n) is 4.31. The molecule has 0 aromatic carbocycles. The maximum atomic E-state index is 10.3. The SMILES string of the molecule is [N-]=[N+]=N[C@H]1[C@@H](O)[C@@H](CO)O[C@@H](S[C@@H]2CCC[C@H](N=[N+]=[N-])[C@H]2O)[C@@H]1O. The van der Waals surface area contributed by atoms with Gasteiger partial charge in [-0.05, 0) is 23.9 Å². The van der Waals surface area contributed by atoms with Gasteiger partial charge in [-0.25, -0.2) is 0 Å². The quantitative estimate of drug-likeness (QED) is 0.312. The summed E-state index contributed by atoms with van der Waals surface area (Å²) >= 11 is 1.13. The number of nitrogens with zero attached hydrogens (tertiary/aromatic N) is 6. The molecule has 2 aliphatic rings. The highest BCUT2D eigenvalue weighted by Gasteiger charge is 2.46. The van der Waals surface area contributed by atoms with Crippen LogP contribution in [0.15, 0.2) is 10.2 Å². The zero-order valence-electron chi connectivity index (χ0n) is 12.7. The van der Waals surface area contributed by atoms with Crippen LogP contribution < -0.4 is 0 Å². The molecule has 12 heteroatoms. The van der Waals surface area contributed by atoms with E-state index >= 15 is 0 Å². The molecule has 134 valence electrons. The van der Waals surface area contributed by atoms with Gasteiger partial charge in [0.2, 0.25) is 0 Å². The predicted molar refractivity (Wildman–Crippen MR) is 84.9 cm³/mol. The van der Waals surface area contributed by atoms with Crippen molar-refractivity contribution < 1.29 is 25.2 Å². The highest BCUT2D eigenvalue weighted by molar-refractivity contribution is 8.00. The second-order valence-electron chi connectivity index (χ2n) is 5.77. The monoisotopic (exact) mass is 360 g/mol. The maximum Gasteiger partial charge on any atom is 0.130 e. The van der Waals surface area contributed by atoms with E-state index < -0.39 is 48.5 Å². The minimum Gasteiger partial charge on any atom is -0.394 e. The topological polar surface area (TPSA) is 188 Å². The Morgan fingerprint density at radius 3 is 2.38 bits per heavy atom. The van der Waals surface area contributed by atoms with Crippen LogP contribution in [0.3, 0.4) is 0 Å². The number of rotatable bonds is 5. The summed E-state index contributed by atoms with van der Waals surface area (Å²) in [6, 6.07) is -1.71. The van der Waals surface area contributed by atoms with Gasteiger partial charge in [-0.3, -0.25) is 0 Å². The number of aliphatic hydroxyl groups is 4. The van der Waals surface area contributed by atoms with E-state index in [1.807, 2.05) is 0 Å². The molecule has 2 rings (SSSR count). The van der Waals surface area contributed by atoms with Gasteiger partial charge in [0.25, 0.3) is 0 Å². The summed E-state index contributed by atoms with van der Waals surface area (Å²) in [5, 5.41) is 46.6. The Balaban J connectivity index is 2.11. The molecule has 2 fully saturated rings. The third-order valence-corrected chi connectivity index (χ3v) is 5.83. The fraction of sp³-hybridized carbons (Fsp3) is 1.00. The van der Waals surface area contributed by atoms with Crippen LogP contribution >= 0.6 is 11.8 Å². The first kappa shape index (κ1) is 19.1. The molecule has 0 unspecified atom stereocenters. The van der Waals surface area contributed by atoms with E-state index in [9.17, 15) is 20.4 Å². The standard InChI is InChI=1S/C12H20N6O5S/c13-17-15-5-2-1-3-7(9(5)20)24-12-11(22)8(16-18-14)10(21)6(4-19)23-12/h5-12,19-22H,1-4H2/t5-,6+,7+,8-,9+,10-,11+,12-/m0/s1. The van der Waals surface area contributed by atoms with Crippen LogP contribution in [0.4, 0.5) is 0 Å². The van der Waals surface area contributed by atoms with Crippen molar-refractivity contribution in [2.75, 3.05) is 6.61 Å². The van der Waals surface area contributed by atoms with Gasteiger partial charge in [0, 0.05) is 15.1 Å². The number of hydrogen-bond donors (Lipinski definition) is 4. The normalized spacial score (nSPS) is 42.7. The van der Waals surface area contributed by atoms with Gasteiger partial charge in [0.05, 0.1) is 30.9 Å². The van der Waals surface area contributed by atoms with Crippen molar-refractivity contribution in [1.29, 1.82) is 0 Å². The Bertz CT molecular complexity index is 528. The molecular formula is C12H20N6O5S. The third kappa shape index (κ3) is 4.05. The molecule has 0 radical (unpaired) electrons. The summed E-state index contributed by atoms with van der Waals surface area (Å²) in [4.78, 5) is 5.35. The lowest BCUT2D eigenvalue weighted by molar-refractivity contribution is -0.160. The lowest BCUT2D eigenvalue weighted by Crippen LogP contribution is -2.57. The Kier molecular flexibility index (Phi) is 6.96. The molecule has 0 spiro atoms. The van der Waals surface area contributed by atoms with Gasteiger partial charge < -0.3 is 25.2 Å². The summed E-state index contributed by atoms with van der Waals surface area (Å²) in [6.45, 7) is -0.503. The van der Waals surface area contributed by atoms with Crippen molar-refractivity contribution in [3.8, 4) is 0 Å². The molecule has 1 aliphatic heterocycles. The zero-order valence-corrected chi connectivity index (χ0v) is 13.6. The fourth-order valence-electron chi connectivity index (χ4n) is 3.01. The van der Waals surface area contributed by atoms with Crippen LogP contribution in [0.1, 0.15) is 19.3 Å². The smallest absolute Gasteiger partial charge is 0.130 e. The summed E-state index contributed by atoms with van der Waals surface area (Å²) in [6.07, 6.45) is -2.57. The Morgan fingerprint density at radius 2 is 1.75 bits per heavy atom. The van der Waals surface area contributed by atoms with Gasteiger partial charge in [-0.15, -0.1) is 11.8 Å². The first-order valence-electron chi connectivity index (χ1n) is 7.57. The van der Waals surface area contributed by atoms with E-state index in [1.54, 1.807) is 0 Å². The van der Waals surface area contributed by atoms with Gasteiger partial charge in [0.15, 0.2) is 0 Å². The van der Waals surface area contributed by atoms with Crippen LogP contribution in [-0.4, -0.2) is 74.2 Å². The minimum atomic E-state index is -1.33. The molecule has 1 saturated heterocycles. The first-order chi connectivity index (χ1) is 11.5. The highest BCUT2D eigenvalue weighted by Crippen LogP contribution is 2.38. The van der Waals surface area contributed by atoms with Crippen LogP contribution in [0.25, 0.3) is 20.9 Å². The van der Waals surface area contributed by atoms with E-state index in [0.717, 1.165) is 18.2 Å². The zero-order chi connectivity index (χ0) is 17.7. The lowest BCUT2D eigenvalue weighted by Gasteiger charge is -2.42. The summed E-state index contributed by atoms with van der Waals surface area (Å²) in [7, 11) is 0. The van der Waals surface area contributed by atoms with Gasteiger partial charge in [-0.1, -0.05) is 16.6 Å². The molecule has 4 N–H and O–H groups in total. The minimum absolute atomic E-state index is 0.352. The number of thioether (sulfide) groups is 1. The van der Waals surface area contributed by atoms with Crippen molar-refractivity contribution in [3.05, 3.63) is 20.9 Å². The second-order valence-corrected chi connectivity index (χ2v) is 7.11. The molecular weight excluding hydrogens is 340 g/mol. The maximum absolute atomic E-state index is 10.3. The molecule has 1 saturated carbocycles. The molecule has 1 aliphatic carbocycles. The van der Waals surface area contributed by atoms with E-state index in [0.29, 0.717) is 12.8 Å². The van der Waals surface area contributed by atoms with Gasteiger partial charge >= 0.3 is 0 Å². The van der Waals surface area contributed by atoms with Crippen molar-refractivity contribution >= 4 is 11.8 Å². The van der Waals surface area contributed by atoms with E-state index in [1.165, 1.54) is 0 Å². The Hall–Kier alpha value is -1.23. The number of ether oxygens (including phenoxy) is 1. The van der Waals surface area contributed by atoms with Crippen molar-refractivity contribution in [2.45, 2.75) is 66.4 Å². The van der Waals surface area contributed by atoms with Gasteiger partial charge in [-0.2, -0.15) is 0 Å². The largest absolute Gasteiger partial charge is 0.394 e. The summed E-state index contributed by atoms with van der Waals surface area (Å²) < 4.78 is 5.50. The molecule has 0 aromatic rings. The lowest BCUT2D eigenvalue weighted by atomic mass is 9.93.